The lowest BCUT2D eigenvalue weighted by atomic mass is 10.1. The number of hydrogen-bond acceptors (Lipinski definition) is 5. The molecule has 80 valence electrons. The van der Waals surface area contributed by atoms with Crippen LogP contribution in [0.5, 0.6) is 0 Å². The van der Waals surface area contributed by atoms with Crippen molar-refractivity contribution in [2.45, 2.75) is 26.8 Å². The Bertz CT molecular complexity index is 238. The molecule has 0 aliphatic rings. The summed E-state index contributed by atoms with van der Waals surface area (Å²) in [4.78, 5) is 4.09. The Kier molecular flexibility index (Phi) is 4.82. The second-order valence-electron chi connectivity index (χ2n) is 3.40. The summed E-state index contributed by atoms with van der Waals surface area (Å²) in [5, 5.41) is 4.18. The summed E-state index contributed by atoms with van der Waals surface area (Å²) >= 11 is 1.37. The molecule has 1 unspecified atom stereocenters. The molecule has 14 heavy (non-hydrogen) atoms. The van der Waals surface area contributed by atoms with E-state index in [4.69, 9.17) is 4.74 Å². The van der Waals surface area contributed by atoms with Crippen molar-refractivity contribution in [3.05, 3.63) is 6.33 Å². The van der Waals surface area contributed by atoms with E-state index < -0.39 is 0 Å². The maximum Gasteiger partial charge on any atom is 0.202 e. The van der Waals surface area contributed by atoms with Gasteiger partial charge in [-0.15, -0.1) is 0 Å². The van der Waals surface area contributed by atoms with E-state index >= 15 is 0 Å². The van der Waals surface area contributed by atoms with Crippen LogP contribution in [0.3, 0.4) is 0 Å². The third-order valence-corrected chi connectivity index (χ3v) is 2.57. The van der Waals surface area contributed by atoms with Crippen LogP contribution in [-0.4, -0.2) is 28.6 Å². The fraction of sp³-hybridized carbons (Fsp3) is 0.778. The van der Waals surface area contributed by atoms with Gasteiger partial charge in [-0.25, -0.2) is 4.98 Å². The van der Waals surface area contributed by atoms with Gasteiger partial charge < -0.3 is 10.1 Å². The van der Waals surface area contributed by atoms with Crippen molar-refractivity contribution >= 4 is 16.7 Å². The zero-order valence-electron chi connectivity index (χ0n) is 8.86. The molecule has 1 aromatic rings. The van der Waals surface area contributed by atoms with Crippen LogP contribution in [0.25, 0.3) is 0 Å². The van der Waals surface area contributed by atoms with Gasteiger partial charge in [-0.3, -0.25) is 0 Å². The van der Waals surface area contributed by atoms with Gasteiger partial charge in [0.1, 0.15) is 6.33 Å². The predicted molar refractivity (Wildman–Crippen MR) is 58.7 cm³/mol. The molecule has 0 bridgehead atoms. The normalized spacial score (nSPS) is 13.1. The number of anilines is 1. The molecule has 1 aromatic heterocycles. The molecule has 1 N–H and O–H groups in total. The minimum Gasteiger partial charge on any atom is -0.380 e. The van der Waals surface area contributed by atoms with Crippen molar-refractivity contribution in [3.63, 3.8) is 0 Å². The number of aromatic nitrogens is 2. The summed E-state index contributed by atoms with van der Waals surface area (Å²) in [5.74, 6) is 0.519. The molecule has 0 aliphatic heterocycles. The molecule has 0 aromatic carbocycles. The van der Waals surface area contributed by atoms with Crippen molar-refractivity contribution in [2.75, 3.05) is 18.5 Å². The van der Waals surface area contributed by atoms with Crippen molar-refractivity contribution in [1.29, 1.82) is 0 Å². The second-order valence-corrected chi connectivity index (χ2v) is 4.18. The fourth-order valence-electron chi connectivity index (χ4n) is 1.04. The summed E-state index contributed by atoms with van der Waals surface area (Å²) in [6.07, 6.45) is 1.56. The van der Waals surface area contributed by atoms with E-state index in [0.29, 0.717) is 18.6 Å². The number of rotatable bonds is 6. The van der Waals surface area contributed by atoms with Crippen molar-refractivity contribution in [2.24, 2.45) is 5.92 Å². The van der Waals surface area contributed by atoms with Crippen LogP contribution in [-0.2, 0) is 4.74 Å². The molecular formula is C9H17N3OS. The number of nitrogens with one attached hydrogen (secondary N) is 1. The first-order valence-corrected chi connectivity index (χ1v) is 5.62. The maximum atomic E-state index is 5.40. The van der Waals surface area contributed by atoms with Gasteiger partial charge in [0.2, 0.25) is 5.13 Å². The number of hydrogen-bond donors (Lipinski definition) is 1. The molecule has 0 radical (unpaired) electrons. The molecule has 0 aliphatic carbocycles. The van der Waals surface area contributed by atoms with Crippen molar-refractivity contribution in [3.8, 4) is 0 Å². The Morgan fingerprint density at radius 1 is 1.57 bits per heavy atom. The van der Waals surface area contributed by atoms with Crippen LogP contribution in [0.2, 0.25) is 0 Å². The maximum absolute atomic E-state index is 5.40. The SMILES string of the molecule is CCOCC(Nc1ncns1)C(C)C. The average molecular weight is 215 g/mol. The van der Waals surface area contributed by atoms with Crippen molar-refractivity contribution < 1.29 is 4.74 Å². The molecule has 1 atom stereocenters. The summed E-state index contributed by atoms with van der Waals surface area (Å²) in [6, 6.07) is 0.308. The van der Waals surface area contributed by atoms with Gasteiger partial charge in [-0.2, -0.15) is 4.37 Å². The zero-order valence-corrected chi connectivity index (χ0v) is 9.67. The highest BCUT2D eigenvalue weighted by Gasteiger charge is 2.14. The molecule has 0 fully saturated rings. The summed E-state index contributed by atoms with van der Waals surface area (Å²) < 4.78 is 9.34. The van der Waals surface area contributed by atoms with E-state index in [9.17, 15) is 0 Å². The van der Waals surface area contributed by atoms with Gasteiger partial charge in [0.15, 0.2) is 0 Å². The highest BCUT2D eigenvalue weighted by Crippen LogP contribution is 2.13. The Hall–Kier alpha value is -0.680. The van der Waals surface area contributed by atoms with Crippen LogP contribution >= 0.6 is 11.5 Å². The van der Waals surface area contributed by atoms with Gasteiger partial charge in [-0.05, 0) is 12.8 Å². The highest BCUT2D eigenvalue weighted by molar-refractivity contribution is 7.09. The largest absolute Gasteiger partial charge is 0.380 e. The van der Waals surface area contributed by atoms with Gasteiger partial charge in [0.25, 0.3) is 0 Å². The van der Waals surface area contributed by atoms with Crippen LogP contribution in [0, 0.1) is 5.92 Å². The minimum atomic E-state index is 0.308. The van der Waals surface area contributed by atoms with Crippen LogP contribution in [0.1, 0.15) is 20.8 Å². The summed E-state index contributed by atoms with van der Waals surface area (Å²) in [7, 11) is 0. The first kappa shape index (κ1) is 11.4. The minimum absolute atomic E-state index is 0.308. The topological polar surface area (TPSA) is 47.0 Å². The van der Waals surface area contributed by atoms with E-state index in [1.807, 2.05) is 6.92 Å². The first-order chi connectivity index (χ1) is 6.74. The van der Waals surface area contributed by atoms with E-state index in [-0.39, 0.29) is 0 Å². The van der Waals surface area contributed by atoms with Gasteiger partial charge in [-0.1, -0.05) is 13.8 Å². The quantitative estimate of drug-likeness (QED) is 0.788. The second kappa shape index (κ2) is 5.93. The Labute approximate surface area is 88.9 Å². The van der Waals surface area contributed by atoms with E-state index in [1.165, 1.54) is 11.5 Å². The molecule has 4 nitrogen and oxygen atoms in total. The molecule has 0 amide bonds. The number of ether oxygens (including phenoxy) is 1. The lowest BCUT2D eigenvalue weighted by Crippen LogP contribution is -2.30. The highest BCUT2D eigenvalue weighted by atomic mass is 32.1. The first-order valence-electron chi connectivity index (χ1n) is 4.85. The van der Waals surface area contributed by atoms with Crippen LogP contribution < -0.4 is 5.32 Å². The standard InChI is InChI=1S/C9H17N3OS/c1-4-13-5-8(7(2)3)12-9-10-6-11-14-9/h6-8H,4-5H2,1-3H3,(H,10,11,12). The van der Waals surface area contributed by atoms with Crippen LogP contribution in [0.4, 0.5) is 5.13 Å². The Balaban J connectivity index is 2.43. The molecule has 0 saturated heterocycles. The lowest BCUT2D eigenvalue weighted by molar-refractivity contribution is 0.127. The van der Waals surface area contributed by atoms with Gasteiger partial charge in [0, 0.05) is 18.1 Å². The van der Waals surface area contributed by atoms with Gasteiger partial charge >= 0.3 is 0 Å². The lowest BCUT2D eigenvalue weighted by Gasteiger charge is -2.21. The third-order valence-electron chi connectivity index (χ3n) is 1.98. The molecular weight excluding hydrogens is 198 g/mol. The molecule has 1 heterocycles. The average Bonchev–Trinajstić information content (AvgIpc) is 2.64. The van der Waals surface area contributed by atoms with E-state index in [2.05, 4.69) is 28.5 Å². The smallest absolute Gasteiger partial charge is 0.202 e. The van der Waals surface area contributed by atoms with E-state index in [1.54, 1.807) is 6.33 Å². The summed E-state index contributed by atoms with van der Waals surface area (Å²) in [6.45, 7) is 7.80. The molecule has 0 saturated carbocycles. The van der Waals surface area contributed by atoms with Crippen LogP contribution in [0.15, 0.2) is 6.33 Å². The zero-order chi connectivity index (χ0) is 10.4. The molecule has 1 rings (SSSR count). The predicted octanol–water partition coefficient (Wildman–Crippen LogP) is 2.01. The monoisotopic (exact) mass is 215 g/mol. The van der Waals surface area contributed by atoms with Gasteiger partial charge in [0.05, 0.1) is 12.6 Å². The number of nitrogens with zero attached hydrogens (tertiary/aromatic N) is 2. The Morgan fingerprint density at radius 3 is 2.86 bits per heavy atom. The summed E-state index contributed by atoms with van der Waals surface area (Å²) in [5.41, 5.74) is 0. The fourth-order valence-corrected chi connectivity index (χ4v) is 1.53. The molecule has 5 heteroatoms. The molecule has 0 spiro atoms. The van der Waals surface area contributed by atoms with Crippen molar-refractivity contribution in [1.82, 2.24) is 9.36 Å². The Morgan fingerprint density at radius 2 is 2.36 bits per heavy atom. The third kappa shape index (κ3) is 3.59. The van der Waals surface area contributed by atoms with E-state index in [0.717, 1.165) is 11.7 Å².